The molecule has 0 aliphatic carbocycles. The van der Waals surface area contributed by atoms with E-state index in [1.165, 1.54) is 18.6 Å². The Morgan fingerprint density at radius 3 is 3.10 bits per heavy atom. The maximum atomic E-state index is 11.9. The summed E-state index contributed by atoms with van der Waals surface area (Å²) in [4.78, 5) is 11.9. The zero-order chi connectivity index (χ0) is 14.6. The van der Waals surface area contributed by atoms with E-state index < -0.39 is 0 Å². The maximum absolute atomic E-state index is 11.9. The Balaban J connectivity index is 1.95. The number of aromatic nitrogens is 2. The molecule has 1 aromatic rings. The Kier molecular flexibility index (Phi) is 5.10. The molecular formula is C14H23N3O2S. The summed E-state index contributed by atoms with van der Waals surface area (Å²) in [6.07, 6.45) is 4.13. The Morgan fingerprint density at radius 1 is 1.65 bits per heavy atom. The van der Waals surface area contributed by atoms with Crippen molar-refractivity contribution in [2.24, 2.45) is 7.05 Å². The normalized spacial score (nSPS) is 22.1. The summed E-state index contributed by atoms with van der Waals surface area (Å²) >= 11 is 2.03. The van der Waals surface area contributed by atoms with Crippen LogP contribution in [0.1, 0.15) is 42.7 Å². The van der Waals surface area contributed by atoms with Crippen LogP contribution in [0.2, 0.25) is 0 Å². The SMILES string of the molecule is CCOC(=O)c1cnn(C)c1CNCC1(C)CCCS1. The van der Waals surface area contributed by atoms with Crippen molar-refractivity contribution in [3.05, 3.63) is 17.5 Å². The lowest BCUT2D eigenvalue weighted by molar-refractivity contribution is 0.0524. The van der Waals surface area contributed by atoms with Crippen LogP contribution in [0.15, 0.2) is 6.20 Å². The fourth-order valence-corrected chi connectivity index (χ4v) is 3.75. The number of hydrogen-bond acceptors (Lipinski definition) is 5. The van der Waals surface area contributed by atoms with Crippen LogP contribution in [0.4, 0.5) is 0 Å². The van der Waals surface area contributed by atoms with Gasteiger partial charge in [0.25, 0.3) is 0 Å². The number of aryl methyl sites for hydroxylation is 1. The monoisotopic (exact) mass is 297 g/mol. The van der Waals surface area contributed by atoms with Crippen LogP contribution in [0, 0.1) is 0 Å². The fraction of sp³-hybridized carbons (Fsp3) is 0.714. The lowest BCUT2D eigenvalue weighted by atomic mass is 10.1. The number of carbonyl (C=O) groups excluding carboxylic acids is 1. The minimum atomic E-state index is -0.293. The molecule has 0 radical (unpaired) electrons. The maximum Gasteiger partial charge on any atom is 0.341 e. The first-order chi connectivity index (χ1) is 9.56. The lowest BCUT2D eigenvalue weighted by Crippen LogP contribution is -2.33. The zero-order valence-corrected chi connectivity index (χ0v) is 13.3. The Bertz CT molecular complexity index is 467. The van der Waals surface area contributed by atoms with Gasteiger partial charge in [0, 0.05) is 24.9 Å². The molecule has 1 unspecified atom stereocenters. The molecular weight excluding hydrogens is 274 g/mol. The van der Waals surface area contributed by atoms with Crippen molar-refractivity contribution in [1.29, 1.82) is 0 Å². The van der Waals surface area contributed by atoms with E-state index in [0.717, 1.165) is 12.2 Å². The summed E-state index contributed by atoms with van der Waals surface area (Å²) < 4.78 is 7.12. The van der Waals surface area contributed by atoms with Gasteiger partial charge in [-0.15, -0.1) is 0 Å². The smallest absolute Gasteiger partial charge is 0.341 e. The summed E-state index contributed by atoms with van der Waals surface area (Å²) in [5.74, 6) is 0.955. The number of hydrogen-bond donors (Lipinski definition) is 1. The van der Waals surface area contributed by atoms with Gasteiger partial charge in [-0.05, 0) is 32.4 Å². The van der Waals surface area contributed by atoms with Gasteiger partial charge < -0.3 is 10.1 Å². The quantitative estimate of drug-likeness (QED) is 0.814. The van der Waals surface area contributed by atoms with E-state index >= 15 is 0 Å². The molecule has 1 atom stereocenters. The first-order valence-corrected chi connectivity index (χ1v) is 8.07. The largest absolute Gasteiger partial charge is 0.462 e. The molecule has 1 aliphatic rings. The van der Waals surface area contributed by atoms with Gasteiger partial charge in [-0.3, -0.25) is 4.68 Å². The third-order valence-electron chi connectivity index (χ3n) is 3.65. The first kappa shape index (κ1) is 15.4. The van der Waals surface area contributed by atoms with Gasteiger partial charge in [0.15, 0.2) is 0 Å². The van der Waals surface area contributed by atoms with Gasteiger partial charge in [-0.1, -0.05) is 0 Å². The molecule has 2 rings (SSSR count). The highest BCUT2D eigenvalue weighted by Gasteiger charge is 2.29. The Morgan fingerprint density at radius 2 is 2.45 bits per heavy atom. The predicted molar refractivity (Wildman–Crippen MR) is 81.0 cm³/mol. The summed E-state index contributed by atoms with van der Waals surface area (Å²) in [6.45, 7) is 6.08. The second-order valence-corrected chi connectivity index (χ2v) is 7.04. The van der Waals surface area contributed by atoms with Crippen LogP contribution in [-0.4, -0.2) is 39.4 Å². The van der Waals surface area contributed by atoms with E-state index in [2.05, 4.69) is 17.3 Å². The zero-order valence-electron chi connectivity index (χ0n) is 12.4. The fourth-order valence-electron chi connectivity index (χ4n) is 2.47. The van der Waals surface area contributed by atoms with Gasteiger partial charge in [0.1, 0.15) is 5.56 Å². The van der Waals surface area contributed by atoms with E-state index in [9.17, 15) is 4.79 Å². The van der Waals surface area contributed by atoms with Crippen LogP contribution in [-0.2, 0) is 18.3 Å². The number of ether oxygens (including phenoxy) is 1. The molecule has 112 valence electrons. The average molecular weight is 297 g/mol. The molecule has 1 saturated heterocycles. The van der Waals surface area contributed by atoms with Crippen molar-refractivity contribution in [2.45, 2.75) is 38.0 Å². The first-order valence-electron chi connectivity index (χ1n) is 7.08. The lowest BCUT2D eigenvalue weighted by Gasteiger charge is -2.23. The van der Waals surface area contributed by atoms with E-state index in [1.54, 1.807) is 10.9 Å². The molecule has 1 aromatic heterocycles. The molecule has 20 heavy (non-hydrogen) atoms. The molecule has 0 bridgehead atoms. The van der Waals surface area contributed by atoms with Crippen molar-refractivity contribution < 1.29 is 9.53 Å². The predicted octanol–water partition coefficient (Wildman–Crippen LogP) is 1.97. The summed E-state index contributed by atoms with van der Waals surface area (Å²) in [6, 6.07) is 0. The highest BCUT2D eigenvalue weighted by molar-refractivity contribution is 8.00. The molecule has 5 nitrogen and oxygen atoms in total. The summed E-state index contributed by atoms with van der Waals surface area (Å²) in [5, 5.41) is 7.62. The minimum Gasteiger partial charge on any atom is -0.462 e. The molecule has 1 aliphatic heterocycles. The molecule has 2 heterocycles. The molecule has 0 saturated carbocycles. The number of carbonyl (C=O) groups is 1. The standard InChI is InChI=1S/C14H23N3O2S/c1-4-19-13(18)11-8-16-17(3)12(11)9-15-10-14(2)6-5-7-20-14/h8,15H,4-7,9-10H2,1-3H3. The number of nitrogens with zero attached hydrogens (tertiary/aromatic N) is 2. The minimum absolute atomic E-state index is 0.293. The highest BCUT2D eigenvalue weighted by Crippen LogP contribution is 2.36. The van der Waals surface area contributed by atoms with Gasteiger partial charge >= 0.3 is 5.97 Å². The van der Waals surface area contributed by atoms with Crippen molar-refractivity contribution in [3.8, 4) is 0 Å². The van der Waals surface area contributed by atoms with Crippen molar-refractivity contribution >= 4 is 17.7 Å². The van der Waals surface area contributed by atoms with E-state index in [1.807, 2.05) is 25.7 Å². The molecule has 1 fully saturated rings. The van der Waals surface area contributed by atoms with Gasteiger partial charge in [0.05, 0.1) is 18.5 Å². The Labute approximate surface area is 124 Å². The van der Waals surface area contributed by atoms with Crippen LogP contribution in [0.5, 0.6) is 0 Å². The highest BCUT2D eigenvalue weighted by atomic mass is 32.2. The van der Waals surface area contributed by atoms with Gasteiger partial charge in [0.2, 0.25) is 0 Å². The third-order valence-corrected chi connectivity index (χ3v) is 5.19. The van der Waals surface area contributed by atoms with Crippen LogP contribution in [0.3, 0.4) is 0 Å². The van der Waals surface area contributed by atoms with Crippen molar-refractivity contribution in [2.75, 3.05) is 18.9 Å². The summed E-state index contributed by atoms with van der Waals surface area (Å²) in [5.41, 5.74) is 1.45. The Hall–Kier alpha value is -1.01. The molecule has 1 N–H and O–H groups in total. The molecule has 0 aromatic carbocycles. The second kappa shape index (κ2) is 6.63. The third kappa shape index (κ3) is 3.55. The van der Waals surface area contributed by atoms with E-state index in [-0.39, 0.29) is 5.97 Å². The van der Waals surface area contributed by atoms with Crippen LogP contribution in [0.25, 0.3) is 0 Å². The van der Waals surface area contributed by atoms with E-state index in [4.69, 9.17) is 4.74 Å². The topological polar surface area (TPSA) is 56.1 Å². The van der Waals surface area contributed by atoms with Gasteiger partial charge in [-0.2, -0.15) is 16.9 Å². The van der Waals surface area contributed by atoms with Crippen molar-refractivity contribution in [1.82, 2.24) is 15.1 Å². The number of nitrogens with one attached hydrogen (secondary N) is 1. The van der Waals surface area contributed by atoms with Crippen molar-refractivity contribution in [3.63, 3.8) is 0 Å². The number of thioether (sulfide) groups is 1. The molecule has 6 heteroatoms. The van der Waals surface area contributed by atoms with Crippen LogP contribution < -0.4 is 5.32 Å². The number of esters is 1. The molecule has 0 spiro atoms. The summed E-state index contributed by atoms with van der Waals surface area (Å²) in [7, 11) is 1.85. The number of rotatable bonds is 6. The average Bonchev–Trinajstić information content (AvgIpc) is 2.98. The van der Waals surface area contributed by atoms with E-state index in [0.29, 0.717) is 23.5 Å². The van der Waals surface area contributed by atoms with Crippen LogP contribution >= 0.6 is 11.8 Å². The second-order valence-electron chi connectivity index (χ2n) is 5.35. The van der Waals surface area contributed by atoms with Gasteiger partial charge in [-0.25, -0.2) is 4.79 Å². The molecule has 0 amide bonds.